The van der Waals surface area contributed by atoms with Crippen molar-refractivity contribution in [3.05, 3.63) is 70.8 Å². The largest absolute Gasteiger partial charge is 0.349 e. The summed E-state index contributed by atoms with van der Waals surface area (Å²) in [6.45, 7) is 2.08. The van der Waals surface area contributed by atoms with E-state index in [1.807, 2.05) is 12.1 Å². The molecule has 1 fully saturated rings. The van der Waals surface area contributed by atoms with Gasteiger partial charge >= 0.3 is 0 Å². The number of aryl methyl sites for hydroxylation is 2. The average Bonchev–Trinajstić information content (AvgIpc) is 3.44. The van der Waals surface area contributed by atoms with E-state index < -0.39 is 0 Å². The highest BCUT2D eigenvalue weighted by atomic mass is 16.1. The lowest BCUT2D eigenvalue weighted by atomic mass is 10.0. The van der Waals surface area contributed by atoms with E-state index in [-0.39, 0.29) is 11.9 Å². The molecule has 1 saturated carbocycles. The zero-order valence-corrected chi connectivity index (χ0v) is 14.0. The van der Waals surface area contributed by atoms with Gasteiger partial charge in [0.25, 0.3) is 0 Å². The van der Waals surface area contributed by atoms with Crippen LogP contribution in [0.5, 0.6) is 0 Å². The normalized spacial score (nSPS) is 14.7. The van der Waals surface area contributed by atoms with Crippen molar-refractivity contribution in [3.8, 4) is 6.07 Å². The van der Waals surface area contributed by atoms with Crippen molar-refractivity contribution in [1.82, 2.24) is 5.32 Å². The molecule has 24 heavy (non-hydrogen) atoms. The molecule has 3 heteroatoms. The molecule has 3 rings (SSSR count). The van der Waals surface area contributed by atoms with Crippen LogP contribution in [0.1, 0.15) is 47.6 Å². The number of nitriles is 1. The Morgan fingerprint density at radius 1 is 1.17 bits per heavy atom. The van der Waals surface area contributed by atoms with Crippen LogP contribution in [0.15, 0.2) is 48.5 Å². The van der Waals surface area contributed by atoms with Crippen molar-refractivity contribution < 1.29 is 4.79 Å². The lowest BCUT2D eigenvalue weighted by Gasteiger charge is -2.19. The van der Waals surface area contributed by atoms with Crippen molar-refractivity contribution in [2.45, 2.75) is 38.6 Å². The molecule has 0 saturated heterocycles. The molecule has 1 atom stereocenters. The number of nitrogens with one attached hydrogen (secondary N) is 1. The van der Waals surface area contributed by atoms with Crippen LogP contribution in [0.2, 0.25) is 0 Å². The van der Waals surface area contributed by atoms with E-state index >= 15 is 0 Å². The van der Waals surface area contributed by atoms with E-state index in [1.54, 1.807) is 12.1 Å². The maximum absolute atomic E-state index is 12.4. The fourth-order valence-corrected chi connectivity index (χ4v) is 2.93. The fourth-order valence-electron chi connectivity index (χ4n) is 2.93. The van der Waals surface area contributed by atoms with Crippen molar-refractivity contribution in [1.29, 1.82) is 5.26 Å². The average molecular weight is 318 g/mol. The summed E-state index contributed by atoms with van der Waals surface area (Å²) >= 11 is 0. The summed E-state index contributed by atoms with van der Waals surface area (Å²) in [7, 11) is 0. The monoisotopic (exact) mass is 318 g/mol. The van der Waals surface area contributed by atoms with Crippen LogP contribution < -0.4 is 5.32 Å². The molecule has 1 aliphatic rings. The lowest BCUT2D eigenvalue weighted by Crippen LogP contribution is -2.30. The van der Waals surface area contributed by atoms with Crippen molar-refractivity contribution >= 4 is 5.91 Å². The number of benzene rings is 2. The number of carbonyl (C=O) groups is 1. The van der Waals surface area contributed by atoms with Gasteiger partial charge in [0.05, 0.1) is 17.7 Å². The molecular formula is C21H22N2O. The summed E-state index contributed by atoms with van der Waals surface area (Å²) in [5.41, 5.74) is 4.18. The van der Waals surface area contributed by atoms with Crippen molar-refractivity contribution in [2.75, 3.05) is 0 Å². The second-order valence-corrected chi connectivity index (χ2v) is 6.60. The molecule has 0 radical (unpaired) electrons. The Hall–Kier alpha value is -2.60. The Balaban J connectivity index is 1.57. The Labute approximate surface area is 143 Å². The molecular weight excluding hydrogens is 296 g/mol. The second kappa shape index (κ2) is 7.31. The van der Waals surface area contributed by atoms with Gasteiger partial charge in [0.1, 0.15) is 0 Å². The molecule has 1 amide bonds. The summed E-state index contributed by atoms with van der Waals surface area (Å²) in [6.07, 6.45) is 3.55. The third-order valence-corrected chi connectivity index (χ3v) is 4.57. The maximum Gasteiger partial charge on any atom is 0.220 e. The Bertz CT molecular complexity index is 737. The smallest absolute Gasteiger partial charge is 0.220 e. The minimum atomic E-state index is 0.0943. The van der Waals surface area contributed by atoms with Gasteiger partial charge in [-0.1, -0.05) is 42.0 Å². The number of rotatable bonds is 6. The van der Waals surface area contributed by atoms with Gasteiger partial charge in [0.15, 0.2) is 0 Å². The molecule has 122 valence electrons. The summed E-state index contributed by atoms with van der Waals surface area (Å²) < 4.78 is 0. The SMILES string of the molecule is Cc1ccc(C(NC(=O)CCc2ccc(C#N)cc2)C2CC2)cc1. The Morgan fingerprint density at radius 2 is 1.83 bits per heavy atom. The van der Waals surface area contributed by atoms with Crippen LogP contribution >= 0.6 is 0 Å². The highest BCUT2D eigenvalue weighted by Gasteiger charge is 2.33. The van der Waals surface area contributed by atoms with Crippen LogP contribution in [-0.4, -0.2) is 5.91 Å². The van der Waals surface area contributed by atoms with Crippen LogP contribution in [0.25, 0.3) is 0 Å². The van der Waals surface area contributed by atoms with Crippen LogP contribution in [0, 0.1) is 24.2 Å². The molecule has 1 aliphatic carbocycles. The first-order valence-corrected chi connectivity index (χ1v) is 8.50. The molecule has 0 aromatic heterocycles. The highest BCUT2D eigenvalue weighted by molar-refractivity contribution is 5.76. The van der Waals surface area contributed by atoms with Gasteiger partial charge in [-0.15, -0.1) is 0 Å². The number of hydrogen-bond donors (Lipinski definition) is 1. The zero-order valence-electron chi connectivity index (χ0n) is 14.0. The first kappa shape index (κ1) is 16.3. The van der Waals surface area contributed by atoms with E-state index in [1.165, 1.54) is 24.0 Å². The molecule has 2 aromatic carbocycles. The molecule has 1 unspecified atom stereocenters. The van der Waals surface area contributed by atoms with E-state index in [0.29, 0.717) is 24.3 Å². The van der Waals surface area contributed by atoms with Crippen LogP contribution in [-0.2, 0) is 11.2 Å². The third kappa shape index (κ3) is 4.23. The molecule has 2 aromatic rings. The van der Waals surface area contributed by atoms with Gasteiger partial charge in [-0.2, -0.15) is 5.26 Å². The van der Waals surface area contributed by atoms with E-state index in [0.717, 1.165) is 5.56 Å². The maximum atomic E-state index is 12.4. The lowest BCUT2D eigenvalue weighted by molar-refractivity contribution is -0.122. The summed E-state index contributed by atoms with van der Waals surface area (Å²) in [5.74, 6) is 0.670. The molecule has 0 heterocycles. The van der Waals surface area contributed by atoms with Gasteiger partial charge < -0.3 is 5.32 Å². The van der Waals surface area contributed by atoms with E-state index in [2.05, 4.69) is 42.6 Å². The van der Waals surface area contributed by atoms with Crippen LogP contribution in [0.4, 0.5) is 0 Å². The minimum Gasteiger partial charge on any atom is -0.349 e. The van der Waals surface area contributed by atoms with Gasteiger partial charge in [0.2, 0.25) is 5.91 Å². The molecule has 0 aliphatic heterocycles. The second-order valence-electron chi connectivity index (χ2n) is 6.60. The van der Waals surface area contributed by atoms with Gasteiger partial charge in [-0.3, -0.25) is 4.79 Å². The summed E-state index contributed by atoms with van der Waals surface area (Å²) in [4.78, 5) is 12.4. The summed E-state index contributed by atoms with van der Waals surface area (Å²) in [5, 5.41) is 12.0. The molecule has 0 spiro atoms. The van der Waals surface area contributed by atoms with Gasteiger partial charge in [-0.05, 0) is 55.4 Å². The number of hydrogen-bond acceptors (Lipinski definition) is 2. The minimum absolute atomic E-state index is 0.0943. The number of amides is 1. The zero-order chi connectivity index (χ0) is 16.9. The number of carbonyl (C=O) groups excluding carboxylic acids is 1. The number of nitrogens with zero attached hydrogens (tertiary/aromatic N) is 1. The first-order valence-electron chi connectivity index (χ1n) is 8.50. The van der Waals surface area contributed by atoms with Gasteiger partial charge in [-0.25, -0.2) is 0 Å². The van der Waals surface area contributed by atoms with Crippen molar-refractivity contribution in [3.63, 3.8) is 0 Å². The predicted octanol–water partition coefficient (Wildman–Crippen LogP) is 4.07. The van der Waals surface area contributed by atoms with Crippen molar-refractivity contribution in [2.24, 2.45) is 5.92 Å². The molecule has 0 bridgehead atoms. The van der Waals surface area contributed by atoms with Crippen LogP contribution in [0.3, 0.4) is 0 Å². The standard InChI is InChI=1S/C21H22N2O/c1-15-2-9-18(10-3-15)21(19-11-12-19)23-20(24)13-8-16-4-6-17(14-22)7-5-16/h2-7,9-10,19,21H,8,11-13H2,1H3,(H,23,24). The molecule has 3 nitrogen and oxygen atoms in total. The third-order valence-electron chi connectivity index (χ3n) is 4.57. The summed E-state index contributed by atoms with van der Waals surface area (Å²) in [6, 6.07) is 18.1. The topological polar surface area (TPSA) is 52.9 Å². The molecule has 1 N–H and O–H groups in total. The fraction of sp³-hybridized carbons (Fsp3) is 0.333. The van der Waals surface area contributed by atoms with Gasteiger partial charge in [0, 0.05) is 6.42 Å². The Kier molecular flexibility index (Phi) is 4.96. The first-order chi connectivity index (χ1) is 11.7. The highest BCUT2D eigenvalue weighted by Crippen LogP contribution is 2.41. The Morgan fingerprint density at radius 3 is 2.42 bits per heavy atom. The van der Waals surface area contributed by atoms with E-state index in [9.17, 15) is 4.79 Å². The van der Waals surface area contributed by atoms with E-state index in [4.69, 9.17) is 5.26 Å². The predicted molar refractivity (Wildman–Crippen MR) is 94.3 cm³/mol. The quantitative estimate of drug-likeness (QED) is 0.873.